The third-order valence-corrected chi connectivity index (χ3v) is 6.37. The van der Waals surface area contributed by atoms with E-state index in [2.05, 4.69) is 62.1 Å². The first-order valence-corrected chi connectivity index (χ1v) is 9.80. The molecule has 2 aliphatic rings. The van der Waals surface area contributed by atoms with Gasteiger partial charge in [0, 0.05) is 28.5 Å². The number of fused-ring (bicyclic) bond motifs is 2. The van der Waals surface area contributed by atoms with Gasteiger partial charge in [-0.05, 0) is 58.0 Å². The van der Waals surface area contributed by atoms with Crippen LogP contribution in [0.5, 0.6) is 0 Å². The number of carbonyl (C=O) groups is 1. The number of allylic oxidation sites excluding steroid dienone is 2. The summed E-state index contributed by atoms with van der Waals surface area (Å²) in [5.41, 5.74) is 4.42. The minimum absolute atomic E-state index is 0.0754. The van der Waals surface area contributed by atoms with E-state index in [9.17, 15) is 4.79 Å². The van der Waals surface area contributed by atoms with Gasteiger partial charge in [-0.3, -0.25) is 4.79 Å². The first kappa shape index (κ1) is 16.6. The lowest BCUT2D eigenvalue weighted by Gasteiger charge is -2.37. The predicted octanol–water partition coefficient (Wildman–Crippen LogP) is 4.74. The molecule has 0 amide bonds. The Hall–Kier alpha value is -1.88. The zero-order valence-electron chi connectivity index (χ0n) is 15.5. The Kier molecular flexibility index (Phi) is 3.69. The second-order valence-corrected chi connectivity index (χ2v) is 9.09. The molecular weight excluding hydrogens is 330 g/mol. The van der Waals surface area contributed by atoms with Crippen molar-refractivity contribution in [1.29, 1.82) is 0 Å². The van der Waals surface area contributed by atoms with Crippen molar-refractivity contribution in [2.75, 3.05) is 5.32 Å². The highest BCUT2D eigenvalue weighted by Gasteiger charge is 2.44. The van der Waals surface area contributed by atoms with Gasteiger partial charge in [-0.25, -0.2) is 4.68 Å². The fourth-order valence-electron chi connectivity index (χ4n) is 4.13. The van der Waals surface area contributed by atoms with E-state index in [4.69, 9.17) is 5.10 Å². The van der Waals surface area contributed by atoms with Gasteiger partial charge in [0.25, 0.3) is 0 Å². The number of carbonyl (C=O) groups excluding carboxylic acids is 1. The molecule has 0 unspecified atom stereocenters. The van der Waals surface area contributed by atoms with Crippen LogP contribution in [0.15, 0.2) is 23.2 Å². The van der Waals surface area contributed by atoms with Gasteiger partial charge in [0.15, 0.2) is 0 Å². The first-order chi connectivity index (χ1) is 11.8. The van der Waals surface area contributed by atoms with Crippen LogP contribution in [0.4, 0.5) is 5.82 Å². The zero-order valence-corrected chi connectivity index (χ0v) is 16.3. The number of rotatable bonds is 1. The summed E-state index contributed by atoms with van der Waals surface area (Å²) in [4.78, 5) is 14.2. The SMILES string of the molecule is Cc1ccsc1[C@@H]1c2c(C)nn(C(C)(C)C)c2NC2=CCCC(=O)[C@H]21. The van der Waals surface area contributed by atoms with Crippen molar-refractivity contribution in [1.82, 2.24) is 9.78 Å². The van der Waals surface area contributed by atoms with E-state index in [1.165, 1.54) is 16.0 Å². The number of anilines is 1. The molecule has 3 heterocycles. The molecule has 5 heteroatoms. The summed E-state index contributed by atoms with van der Waals surface area (Å²) in [6.07, 6.45) is 3.67. The van der Waals surface area contributed by atoms with E-state index >= 15 is 0 Å². The van der Waals surface area contributed by atoms with Gasteiger partial charge in [-0.15, -0.1) is 11.3 Å². The standard InChI is InChI=1S/C20H25N3OS/c1-11-9-10-25-18(11)17-15-12(2)22-23(20(3,4)5)19(15)21-13-7-6-8-14(24)16(13)17/h7,9-10,16-17,21H,6,8H2,1-5H3/t16-,17+/m0/s1. The van der Waals surface area contributed by atoms with Crippen molar-refractivity contribution in [2.45, 2.75) is 58.9 Å². The van der Waals surface area contributed by atoms with E-state index in [1.54, 1.807) is 11.3 Å². The lowest BCUT2D eigenvalue weighted by atomic mass is 9.73. The predicted molar refractivity (Wildman–Crippen MR) is 102 cm³/mol. The van der Waals surface area contributed by atoms with Crippen LogP contribution < -0.4 is 5.32 Å². The van der Waals surface area contributed by atoms with Crippen LogP contribution >= 0.6 is 11.3 Å². The maximum absolute atomic E-state index is 12.9. The molecule has 0 fully saturated rings. The van der Waals surface area contributed by atoms with Crippen LogP contribution in [-0.2, 0) is 10.3 Å². The number of Topliss-reactive ketones (excluding diaryl/α,β-unsaturated/α-hetero) is 1. The van der Waals surface area contributed by atoms with Gasteiger partial charge >= 0.3 is 0 Å². The molecule has 1 aliphatic heterocycles. The molecular formula is C20H25N3OS. The Balaban J connectivity index is 2.00. The molecule has 2 atom stereocenters. The number of aromatic nitrogens is 2. The van der Waals surface area contributed by atoms with Gasteiger partial charge in [0.05, 0.1) is 17.2 Å². The van der Waals surface area contributed by atoms with Gasteiger partial charge in [0.1, 0.15) is 11.6 Å². The lowest BCUT2D eigenvalue weighted by molar-refractivity contribution is -0.122. The summed E-state index contributed by atoms with van der Waals surface area (Å²) < 4.78 is 2.09. The monoisotopic (exact) mass is 355 g/mol. The van der Waals surface area contributed by atoms with Crippen molar-refractivity contribution < 1.29 is 4.79 Å². The van der Waals surface area contributed by atoms with Crippen molar-refractivity contribution in [3.63, 3.8) is 0 Å². The van der Waals surface area contributed by atoms with Gasteiger partial charge in [-0.2, -0.15) is 5.10 Å². The second kappa shape index (κ2) is 5.56. The first-order valence-electron chi connectivity index (χ1n) is 8.93. The number of nitrogens with one attached hydrogen (secondary N) is 1. The van der Waals surface area contributed by atoms with Crippen LogP contribution in [0.2, 0.25) is 0 Å². The van der Waals surface area contributed by atoms with Crippen molar-refractivity contribution in [2.24, 2.45) is 5.92 Å². The number of nitrogens with zero attached hydrogens (tertiary/aromatic N) is 2. The maximum Gasteiger partial charge on any atom is 0.143 e. The minimum atomic E-state index is -0.119. The largest absolute Gasteiger partial charge is 0.343 e. The normalized spacial score (nSPS) is 22.9. The van der Waals surface area contributed by atoms with Gasteiger partial charge in [0.2, 0.25) is 0 Å². The quantitative estimate of drug-likeness (QED) is 0.804. The number of ketones is 1. The summed E-state index contributed by atoms with van der Waals surface area (Å²) in [6, 6.07) is 2.15. The molecule has 2 aromatic heterocycles. The van der Waals surface area contributed by atoms with Crippen LogP contribution in [0, 0.1) is 19.8 Å². The van der Waals surface area contributed by atoms with E-state index < -0.39 is 0 Å². The molecule has 0 saturated carbocycles. The van der Waals surface area contributed by atoms with E-state index in [1.807, 2.05) is 0 Å². The third-order valence-electron chi connectivity index (χ3n) is 5.27. The minimum Gasteiger partial charge on any atom is -0.343 e. The summed E-state index contributed by atoms with van der Waals surface area (Å²) in [5.74, 6) is 1.37. The number of hydrogen-bond acceptors (Lipinski definition) is 4. The third kappa shape index (κ3) is 2.48. The average molecular weight is 356 g/mol. The van der Waals surface area contributed by atoms with Gasteiger partial charge < -0.3 is 5.32 Å². The van der Waals surface area contributed by atoms with Crippen LogP contribution in [0.25, 0.3) is 0 Å². The Morgan fingerprint density at radius 3 is 2.68 bits per heavy atom. The Labute approximate surface area is 152 Å². The van der Waals surface area contributed by atoms with Crippen LogP contribution in [0.3, 0.4) is 0 Å². The van der Waals surface area contributed by atoms with Crippen LogP contribution in [0.1, 0.15) is 61.2 Å². The molecule has 0 radical (unpaired) electrons. The molecule has 1 N–H and O–H groups in total. The summed E-state index contributed by atoms with van der Waals surface area (Å²) in [6.45, 7) is 10.7. The smallest absolute Gasteiger partial charge is 0.143 e. The van der Waals surface area contributed by atoms with E-state index in [0.717, 1.165) is 23.6 Å². The Morgan fingerprint density at radius 2 is 2.04 bits per heavy atom. The summed E-state index contributed by atoms with van der Waals surface area (Å²) >= 11 is 1.76. The highest BCUT2D eigenvalue weighted by atomic mass is 32.1. The molecule has 0 bridgehead atoms. The molecule has 0 aromatic carbocycles. The molecule has 4 nitrogen and oxygen atoms in total. The Morgan fingerprint density at radius 1 is 1.28 bits per heavy atom. The molecule has 4 rings (SSSR count). The zero-order chi connectivity index (χ0) is 17.9. The summed E-state index contributed by atoms with van der Waals surface area (Å²) in [5, 5.41) is 10.6. The van der Waals surface area contributed by atoms with Crippen molar-refractivity contribution in [3.8, 4) is 0 Å². The molecule has 132 valence electrons. The fourth-order valence-corrected chi connectivity index (χ4v) is 5.20. The molecule has 2 aromatic rings. The molecule has 1 aliphatic carbocycles. The highest BCUT2D eigenvalue weighted by Crippen LogP contribution is 2.50. The lowest BCUT2D eigenvalue weighted by Crippen LogP contribution is -2.36. The number of thiophene rings is 1. The van der Waals surface area contributed by atoms with Gasteiger partial charge in [-0.1, -0.05) is 6.08 Å². The number of hydrogen-bond donors (Lipinski definition) is 1. The van der Waals surface area contributed by atoms with Crippen molar-refractivity contribution >= 4 is 22.9 Å². The second-order valence-electron chi connectivity index (χ2n) is 8.14. The topological polar surface area (TPSA) is 46.9 Å². The highest BCUT2D eigenvalue weighted by molar-refractivity contribution is 7.10. The molecule has 25 heavy (non-hydrogen) atoms. The Bertz CT molecular complexity index is 881. The van der Waals surface area contributed by atoms with Crippen LogP contribution in [-0.4, -0.2) is 15.6 Å². The molecule has 0 saturated heterocycles. The summed E-state index contributed by atoms with van der Waals surface area (Å²) in [7, 11) is 0. The fraction of sp³-hybridized carbons (Fsp3) is 0.500. The van der Waals surface area contributed by atoms with E-state index in [-0.39, 0.29) is 17.4 Å². The van der Waals surface area contributed by atoms with E-state index in [0.29, 0.717) is 12.2 Å². The van der Waals surface area contributed by atoms with Crippen molar-refractivity contribution in [3.05, 3.63) is 44.9 Å². The molecule has 0 spiro atoms. The maximum atomic E-state index is 12.9. The average Bonchev–Trinajstić information content (AvgIpc) is 3.09. The number of aryl methyl sites for hydroxylation is 2.